The summed E-state index contributed by atoms with van der Waals surface area (Å²) < 4.78 is 0. The Morgan fingerprint density at radius 1 is 1.25 bits per heavy atom. The number of carbonyl (C=O) groups is 1. The molecule has 4 heteroatoms. The number of nitrogens with zero attached hydrogens (tertiary/aromatic N) is 1. The van der Waals surface area contributed by atoms with E-state index in [0.717, 1.165) is 42.4 Å². The molecule has 0 radical (unpaired) electrons. The summed E-state index contributed by atoms with van der Waals surface area (Å²) in [5.74, 6) is 0.0649. The first kappa shape index (κ1) is 13.1. The largest absolute Gasteiger partial charge is 0.325 e. The lowest BCUT2D eigenvalue weighted by Gasteiger charge is -2.15. The van der Waals surface area contributed by atoms with Crippen LogP contribution in [-0.4, -0.2) is 23.5 Å². The van der Waals surface area contributed by atoms with E-state index >= 15 is 0 Å². The molecule has 2 N–H and O–H groups in total. The van der Waals surface area contributed by atoms with Gasteiger partial charge in [-0.1, -0.05) is 18.9 Å². The van der Waals surface area contributed by atoms with Gasteiger partial charge in [0.2, 0.25) is 5.91 Å². The maximum absolute atomic E-state index is 12.3. The predicted molar refractivity (Wildman–Crippen MR) is 80.6 cm³/mol. The van der Waals surface area contributed by atoms with Crippen LogP contribution in [0.1, 0.15) is 25.7 Å². The van der Waals surface area contributed by atoms with Crippen LogP contribution in [-0.2, 0) is 4.79 Å². The minimum Gasteiger partial charge on any atom is -0.325 e. The van der Waals surface area contributed by atoms with Crippen molar-refractivity contribution >= 4 is 22.5 Å². The number of nitrogens with one attached hydrogen (secondary N) is 2. The van der Waals surface area contributed by atoms with E-state index in [9.17, 15) is 4.79 Å². The standard InChI is InChI=1S/C16H19N3O/c20-16(15-6-2-1-3-9-18-15)19-13-7-8-14-12(11-13)5-4-10-17-14/h4-5,7-8,10-11,15,18H,1-3,6,9H2,(H,19,20). The van der Waals surface area contributed by atoms with E-state index in [1.807, 2.05) is 30.3 Å². The number of amides is 1. The van der Waals surface area contributed by atoms with Crippen molar-refractivity contribution in [2.45, 2.75) is 31.7 Å². The summed E-state index contributed by atoms with van der Waals surface area (Å²) in [5.41, 5.74) is 1.78. The molecule has 1 aliphatic rings. The lowest BCUT2D eigenvalue weighted by Crippen LogP contribution is -2.39. The number of aromatic nitrogens is 1. The van der Waals surface area contributed by atoms with Gasteiger partial charge in [-0.15, -0.1) is 0 Å². The van der Waals surface area contributed by atoms with Crippen LogP contribution in [0.4, 0.5) is 5.69 Å². The SMILES string of the molecule is O=C(Nc1ccc2ncccc2c1)C1CCCCCN1. The highest BCUT2D eigenvalue weighted by Crippen LogP contribution is 2.18. The maximum Gasteiger partial charge on any atom is 0.241 e. The summed E-state index contributed by atoms with van der Waals surface area (Å²) in [6.07, 6.45) is 6.17. The number of fused-ring (bicyclic) bond motifs is 1. The van der Waals surface area contributed by atoms with Crippen LogP contribution in [0.2, 0.25) is 0 Å². The van der Waals surface area contributed by atoms with Gasteiger partial charge < -0.3 is 10.6 Å². The average molecular weight is 269 g/mol. The molecule has 2 aromatic rings. The van der Waals surface area contributed by atoms with Crippen molar-refractivity contribution in [2.24, 2.45) is 0 Å². The Morgan fingerprint density at radius 3 is 3.15 bits per heavy atom. The Hall–Kier alpha value is -1.94. The van der Waals surface area contributed by atoms with Gasteiger partial charge in [0.15, 0.2) is 0 Å². The smallest absolute Gasteiger partial charge is 0.241 e. The summed E-state index contributed by atoms with van der Waals surface area (Å²) in [6, 6.07) is 9.65. The van der Waals surface area contributed by atoms with Gasteiger partial charge in [0.05, 0.1) is 11.6 Å². The summed E-state index contributed by atoms with van der Waals surface area (Å²) in [7, 11) is 0. The fourth-order valence-electron chi connectivity index (χ4n) is 2.64. The van der Waals surface area contributed by atoms with E-state index in [0.29, 0.717) is 0 Å². The Morgan fingerprint density at radius 2 is 2.20 bits per heavy atom. The van der Waals surface area contributed by atoms with Crippen molar-refractivity contribution in [3.63, 3.8) is 0 Å². The molecule has 4 nitrogen and oxygen atoms in total. The van der Waals surface area contributed by atoms with Gasteiger partial charge in [-0.2, -0.15) is 0 Å². The fourth-order valence-corrected chi connectivity index (χ4v) is 2.64. The molecule has 1 amide bonds. The van der Waals surface area contributed by atoms with Gasteiger partial charge >= 0.3 is 0 Å². The Labute approximate surface area is 118 Å². The second-order valence-corrected chi connectivity index (χ2v) is 5.26. The molecular weight excluding hydrogens is 250 g/mol. The second-order valence-electron chi connectivity index (χ2n) is 5.26. The normalized spacial score (nSPS) is 19.5. The molecule has 0 saturated carbocycles. The summed E-state index contributed by atoms with van der Waals surface area (Å²) in [5, 5.41) is 7.36. The second kappa shape index (κ2) is 6.01. The van der Waals surface area contributed by atoms with E-state index in [2.05, 4.69) is 15.6 Å². The number of hydrogen-bond donors (Lipinski definition) is 2. The Kier molecular flexibility index (Phi) is 3.92. The summed E-state index contributed by atoms with van der Waals surface area (Å²) in [6.45, 7) is 0.930. The first-order valence-electron chi connectivity index (χ1n) is 7.22. The van der Waals surface area contributed by atoms with Crippen LogP contribution < -0.4 is 10.6 Å². The lowest BCUT2D eigenvalue weighted by atomic mass is 10.1. The fraction of sp³-hybridized carbons (Fsp3) is 0.375. The third-order valence-corrected chi connectivity index (χ3v) is 3.75. The minimum absolute atomic E-state index is 0.0649. The molecule has 0 aliphatic carbocycles. The van der Waals surface area contributed by atoms with Crippen molar-refractivity contribution < 1.29 is 4.79 Å². The van der Waals surface area contributed by atoms with E-state index in [-0.39, 0.29) is 11.9 Å². The van der Waals surface area contributed by atoms with Crippen LogP contribution in [0.25, 0.3) is 10.9 Å². The zero-order valence-electron chi connectivity index (χ0n) is 11.4. The monoisotopic (exact) mass is 269 g/mol. The first-order chi connectivity index (χ1) is 9.83. The summed E-state index contributed by atoms with van der Waals surface area (Å²) >= 11 is 0. The van der Waals surface area contributed by atoms with Crippen molar-refractivity contribution in [2.75, 3.05) is 11.9 Å². The third kappa shape index (κ3) is 2.96. The highest BCUT2D eigenvalue weighted by molar-refractivity contribution is 5.96. The minimum atomic E-state index is -0.0675. The molecular formula is C16H19N3O. The lowest BCUT2D eigenvalue weighted by molar-refractivity contribution is -0.118. The van der Waals surface area contributed by atoms with Gasteiger partial charge in [0.1, 0.15) is 0 Å². The van der Waals surface area contributed by atoms with E-state index in [1.54, 1.807) is 6.20 Å². The highest BCUT2D eigenvalue weighted by Gasteiger charge is 2.19. The molecule has 1 fully saturated rings. The van der Waals surface area contributed by atoms with Gasteiger partial charge in [0.25, 0.3) is 0 Å². The summed E-state index contributed by atoms with van der Waals surface area (Å²) in [4.78, 5) is 16.5. The van der Waals surface area contributed by atoms with Crippen LogP contribution in [0.3, 0.4) is 0 Å². The third-order valence-electron chi connectivity index (χ3n) is 3.75. The van der Waals surface area contributed by atoms with Crippen LogP contribution >= 0.6 is 0 Å². The molecule has 1 aliphatic heterocycles. The van der Waals surface area contributed by atoms with Crippen molar-refractivity contribution in [3.05, 3.63) is 36.5 Å². The number of anilines is 1. The van der Waals surface area contributed by atoms with Gasteiger partial charge in [0, 0.05) is 17.3 Å². The van der Waals surface area contributed by atoms with Crippen molar-refractivity contribution in [3.8, 4) is 0 Å². The zero-order valence-corrected chi connectivity index (χ0v) is 11.4. The highest BCUT2D eigenvalue weighted by atomic mass is 16.2. The zero-order chi connectivity index (χ0) is 13.8. The van der Waals surface area contributed by atoms with Crippen LogP contribution in [0.15, 0.2) is 36.5 Å². The van der Waals surface area contributed by atoms with Gasteiger partial charge in [-0.25, -0.2) is 0 Å². The van der Waals surface area contributed by atoms with Crippen LogP contribution in [0.5, 0.6) is 0 Å². The van der Waals surface area contributed by atoms with Crippen molar-refractivity contribution in [1.29, 1.82) is 0 Å². The number of rotatable bonds is 2. The van der Waals surface area contributed by atoms with Gasteiger partial charge in [-0.3, -0.25) is 9.78 Å². The molecule has 1 aromatic heterocycles. The molecule has 2 heterocycles. The average Bonchev–Trinajstić information content (AvgIpc) is 2.76. The molecule has 0 bridgehead atoms. The maximum atomic E-state index is 12.3. The Bertz CT molecular complexity index is 603. The predicted octanol–water partition coefficient (Wildman–Crippen LogP) is 2.71. The molecule has 1 aromatic carbocycles. The van der Waals surface area contributed by atoms with E-state index < -0.39 is 0 Å². The molecule has 1 unspecified atom stereocenters. The van der Waals surface area contributed by atoms with E-state index in [4.69, 9.17) is 0 Å². The number of hydrogen-bond acceptors (Lipinski definition) is 3. The topological polar surface area (TPSA) is 54.0 Å². The number of carbonyl (C=O) groups excluding carboxylic acids is 1. The quantitative estimate of drug-likeness (QED) is 0.881. The molecule has 1 atom stereocenters. The number of benzene rings is 1. The molecule has 104 valence electrons. The molecule has 1 saturated heterocycles. The Balaban J connectivity index is 1.73. The molecule has 3 rings (SSSR count). The van der Waals surface area contributed by atoms with Crippen molar-refractivity contribution in [1.82, 2.24) is 10.3 Å². The van der Waals surface area contributed by atoms with E-state index in [1.165, 1.54) is 6.42 Å². The molecule has 20 heavy (non-hydrogen) atoms. The first-order valence-corrected chi connectivity index (χ1v) is 7.22. The number of pyridine rings is 1. The molecule has 0 spiro atoms. The van der Waals surface area contributed by atoms with Gasteiger partial charge in [-0.05, 0) is 43.7 Å². The van der Waals surface area contributed by atoms with Crippen LogP contribution in [0, 0.1) is 0 Å².